The van der Waals surface area contributed by atoms with E-state index in [0.717, 1.165) is 13.0 Å². The lowest BCUT2D eigenvalue weighted by atomic mass is 9.84. The second-order valence-electron chi connectivity index (χ2n) is 6.22. The quantitative estimate of drug-likeness (QED) is 0.736. The maximum absolute atomic E-state index is 11.7. The van der Waals surface area contributed by atoms with Crippen LogP contribution in [0.25, 0.3) is 0 Å². The molecule has 0 aliphatic carbocycles. The summed E-state index contributed by atoms with van der Waals surface area (Å²) in [7, 11) is 1.44. The van der Waals surface area contributed by atoms with Gasteiger partial charge in [-0.05, 0) is 17.3 Å². The van der Waals surface area contributed by atoms with Crippen LogP contribution in [0.3, 0.4) is 0 Å². The topological polar surface area (TPSA) is 38.3 Å². The molecule has 16 heavy (non-hydrogen) atoms. The van der Waals surface area contributed by atoms with Crippen molar-refractivity contribution in [2.24, 2.45) is 10.8 Å². The van der Waals surface area contributed by atoms with Gasteiger partial charge in [-0.15, -0.1) is 0 Å². The molecule has 0 radical (unpaired) electrons. The van der Waals surface area contributed by atoms with E-state index in [1.165, 1.54) is 7.11 Å². The molecular formula is C13H27NO2. The summed E-state index contributed by atoms with van der Waals surface area (Å²) in [4.78, 5) is 11.7. The van der Waals surface area contributed by atoms with Gasteiger partial charge in [0, 0.05) is 6.54 Å². The first-order valence-electron chi connectivity index (χ1n) is 5.95. The number of esters is 1. The molecule has 0 amide bonds. The van der Waals surface area contributed by atoms with Crippen LogP contribution in [-0.2, 0) is 9.53 Å². The summed E-state index contributed by atoms with van der Waals surface area (Å²) < 4.78 is 4.84. The van der Waals surface area contributed by atoms with Crippen molar-refractivity contribution < 1.29 is 9.53 Å². The first-order valence-corrected chi connectivity index (χ1v) is 5.95. The van der Waals surface area contributed by atoms with Crippen LogP contribution in [0.2, 0.25) is 0 Å². The molecule has 0 aromatic rings. The zero-order chi connectivity index (χ0) is 13.0. The highest BCUT2D eigenvalue weighted by atomic mass is 16.5. The molecule has 0 saturated carbocycles. The molecule has 0 saturated heterocycles. The van der Waals surface area contributed by atoms with E-state index in [1.54, 1.807) is 0 Å². The van der Waals surface area contributed by atoms with Crippen molar-refractivity contribution in [3.63, 3.8) is 0 Å². The van der Waals surface area contributed by atoms with Gasteiger partial charge in [0.05, 0.1) is 7.11 Å². The highest BCUT2D eigenvalue weighted by Crippen LogP contribution is 2.23. The van der Waals surface area contributed by atoms with Crippen LogP contribution in [0.1, 0.15) is 48.0 Å². The van der Waals surface area contributed by atoms with Gasteiger partial charge >= 0.3 is 5.97 Å². The number of hydrogen-bond acceptors (Lipinski definition) is 3. The Morgan fingerprint density at radius 3 is 2.06 bits per heavy atom. The monoisotopic (exact) mass is 229 g/mol. The number of carbonyl (C=O) groups excluding carboxylic acids is 1. The smallest absolute Gasteiger partial charge is 0.323 e. The third kappa shape index (κ3) is 4.97. The van der Waals surface area contributed by atoms with Crippen molar-refractivity contribution in [3.05, 3.63) is 0 Å². The molecule has 1 unspecified atom stereocenters. The minimum Gasteiger partial charge on any atom is -0.468 e. The fraction of sp³-hybridized carbons (Fsp3) is 0.923. The van der Waals surface area contributed by atoms with E-state index < -0.39 is 0 Å². The molecule has 0 spiro atoms. The first-order chi connectivity index (χ1) is 7.14. The Morgan fingerprint density at radius 2 is 1.75 bits per heavy atom. The minimum absolute atomic E-state index is 0.128. The van der Waals surface area contributed by atoms with Gasteiger partial charge in [-0.1, -0.05) is 41.5 Å². The summed E-state index contributed by atoms with van der Waals surface area (Å²) in [6.45, 7) is 13.5. The summed E-state index contributed by atoms with van der Waals surface area (Å²) in [5.74, 6) is -0.181. The SMILES string of the molecule is CCC(C)(C)CNC(C(=O)OC)C(C)(C)C. The highest BCUT2D eigenvalue weighted by molar-refractivity contribution is 5.76. The van der Waals surface area contributed by atoms with Gasteiger partial charge in [-0.25, -0.2) is 0 Å². The van der Waals surface area contributed by atoms with Gasteiger partial charge in [0.1, 0.15) is 6.04 Å². The van der Waals surface area contributed by atoms with Crippen molar-refractivity contribution in [2.75, 3.05) is 13.7 Å². The van der Waals surface area contributed by atoms with Gasteiger partial charge in [0.25, 0.3) is 0 Å². The average Bonchev–Trinajstić information content (AvgIpc) is 2.15. The summed E-state index contributed by atoms with van der Waals surface area (Å²) in [6.07, 6.45) is 1.08. The Labute approximate surface area is 99.9 Å². The van der Waals surface area contributed by atoms with Gasteiger partial charge in [0.15, 0.2) is 0 Å². The van der Waals surface area contributed by atoms with E-state index in [0.29, 0.717) is 0 Å². The van der Waals surface area contributed by atoms with E-state index in [-0.39, 0.29) is 22.8 Å². The van der Waals surface area contributed by atoms with E-state index in [2.05, 4.69) is 26.1 Å². The number of hydrogen-bond donors (Lipinski definition) is 1. The van der Waals surface area contributed by atoms with Crippen LogP contribution in [0.15, 0.2) is 0 Å². The van der Waals surface area contributed by atoms with Crippen LogP contribution >= 0.6 is 0 Å². The Hall–Kier alpha value is -0.570. The molecule has 0 aliphatic rings. The van der Waals surface area contributed by atoms with Crippen LogP contribution in [0.5, 0.6) is 0 Å². The molecule has 3 heteroatoms. The molecule has 0 rings (SSSR count). The van der Waals surface area contributed by atoms with Gasteiger partial charge < -0.3 is 10.1 Å². The van der Waals surface area contributed by atoms with Crippen LogP contribution in [0, 0.1) is 10.8 Å². The Balaban J connectivity index is 4.53. The zero-order valence-electron chi connectivity index (χ0n) is 11.8. The summed E-state index contributed by atoms with van der Waals surface area (Å²) in [6, 6.07) is -0.247. The van der Waals surface area contributed by atoms with E-state index >= 15 is 0 Å². The van der Waals surface area contributed by atoms with Crippen molar-refractivity contribution >= 4 is 5.97 Å². The fourth-order valence-corrected chi connectivity index (χ4v) is 1.36. The van der Waals surface area contributed by atoms with E-state index in [4.69, 9.17) is 4.74 Å². The predicted molar refractivity (Wildman–Crippen MR) is 67.3 cm³/mol. The second-order valence-corrected chi connectivity index (χ2v) is 6.22. The van der Waals surface area contributed by atoms with Crippen molar-refractivity contribution in [1.29, 1.82) is 0 Å². The molecule has 96 valence electrons. The van der Waals surface area contributed by atoms with Gasteiger partial charge in [-0.3, -0.25) is 4.79 Å². The maximum Gasteiger partial charge on any atom is 0.323 e. The van der Waals surface area contributed by atoms with Crippen molar-refractivity contribution in [2.45, 2.75) is 54.0 Å². The fourth-order valence-electron chi connectivity index (χ4n) is 1.36. The van der Waals surface area contributed by atoms with Crippen LogP contribution < -0.4 is 5.32 Å². The second kappa shape index (κ2) is 5.67. The van der Waals surface area contributed by atoms with Gasteiger partial charge in [-0.2, -0.15) is 0 Å². The number of ether oxygens (including phenoxy) is 1. The summed E-state index contributed by atoms with van der Waals surface area (Å²) >= 11 is 0. The normalized spacial score (nSPS) is 14.7. The van der Waals surface area contributed by atoms with Crippen LogP contribution in [0.4, 0.5) is 0 Å². The lowest BCUT2D eigenvalue weighted by Crippen LogP contribution is -2.49. The molecule has 0 bridgehead atoms. The first kappa shape index (κ1) is 15.4. The molecule has 1 N–H and O–H groups in total. The molecule has 0 heterocycles. The summed E-state index contributed by atoms with van der Waals surface area (Å²) in [5.41, 5.74) is 0.0778. The number of rotatable bonds is 5. The molecular weight excluding hydrogens is 202 g/mol. The standard InChI is InChI=1S/C13H27NO2/c1-8-13(5,6)9-14-10(11(15)16-7)12(2,3)4/h10,14H,8-9H2,1-7H3. The highest BCUT2D eigenvalue weighted by Gasteiger charge is 2.33. The maximum atomic E-state index is 11.7. The third-order valence-corrected chi connectivity index (χ3v) is 3.04. The minimum atomic E-state index is -0.247. The average molecular weight is 229 g/mol. The van der Waals surface area contributed by atoms with Crippen molar-refractivity contribution in [3.8, 4) is 0 Å². The number of carbonyl (C=O) groups is 1. The lowest BCUT2D eigenvalue weighted by molar-refractivity contribution is -0.146. The number of methoxy groups -OCH3 is 1. The Morgan fingerprint density at radius 1 is 1.25 bits per heavy atom. The molecule has 0 aliphatic heterocycles. The number of nitrogens with one attached hydrogen (secondary N) is 1. The lowest BCUT2D eigenvalue weighted by Gasteiger charge is -2.33. The van der Waals surface area contributed by atoms with Crippen molar-refractivity contribution in [1.82, 2.24) is 5.32 Å². The largest absolute Gasteiger partial charge is 0.468 e. The van der Waals surface area contributed by atoms with E-state index in [1.807, 2.05) is 20.8 Å². The van der Waals surface area contributed by atoms with Crippen LogP contribution in [-0.4, -0.2) is 25.7 Å². The van der Waals surface area contributed by atoms with Gasteiger partial charge in [0.2, 0.25) is 0 Å². The predicted octanol–water partition coefficient (Wildman–Crippen LogP) is 2.60. The molecule has 0 fully saturated rings. The Bertz CT molecular complexity index is 229. The van der Waals surface area contributed by atoms with E-state index in [9.17, 15) is 4.79 Å². The molecule has 3 nitrogen and oxygen atoms in total. The molecule has 1 atom stereocenters. The Kier molecular flexibility index (Phi) is 5.47. The molecule has 0 aromatic heterocycles. The zero-order valence-corrected chi connectivity index (χ0v) is 11.8. The molecule has 0 aromatic carbocycles. The third-order valence-electron chi connectivity index (χ3n) is 3.04. The summed E-state index contributed by atoms with van der Waals surface area (Å²) in [5, 5.41) is 3.33.